The van der Waals surface area contributed by atoms with Crippen LogP contribution in [0.4, 0.5) is 5.69 Å². The predicted molar refractivity (Wildman–Crippen MR) is 85.4 cm³/mol. The average molecular weight is 325 g/mol. The lowest BCUT2D eigenvalue weighted by Gasteiger charge is -2.26. The number of rotatable bonds is 2. The Morgan fingerprint density at radius 2 is 1.88 bits per heavy atom. The normalized spacial score (nSPS) is 17.9. The summed E-state index contributed by atoms with van der Waals surface area (Å²) in [5.74, 6) is 0.780. The molecule has 2 heterocycles. The first-order valence-electron chi connectivity index (χ1n) is 7.57. The van der Waals surface area contributed by atoms with Gasteiger partial charge >= 0.3 is 5.97 Å². The van der Waals surface area contributed by atoms with E-state index in [9.17, 15) is 9.59 Å². The van der Waals surface area contributed by atoms with E-state index in [0.29, 0.717) is 23.5 Å². The summed E-state index contributed by atoms with van der Waals surface area (Å²) >= 11 is 0. The van der Waals surface area contributed by atoms with Gasteiger partial charge < -0.3 is 19.5 Å². The van der Waals surface area contributed by atoms with Crippen molar-refractivity contribution in [3.63, 3.8) is 0 Å². The molecule has 2 aromatic carbocycles. The number of methoxy groups -OCH3 is 1. The molecule has 0 spiro atoms. The minimum atomic E-state index is -0.383. The lowest BCUT2D eigenvalue weighted by Crippen LogP contribution is -2.23. The molecule has 0 saturated heterocycles. The first-order valence-corrected chi connectivity index (χ1v) is 7.57. The first-order chi connectivity index (χ1) is 11.7. The van der Waals surface area contributed by atoms with Crippen molar-refractivity contribution >= 4 is 17.6 Å². The van der Waals surface area contributed by atoms with Gasteiger partial charge in [-0.05, 0) is 29.3 Å². The molecule has 6 nitrogen and oxygen atoms in total. The van der Waals surface area contributed by atoms with Crippen LogP contribution in [0.25, 0.3) is 0 Å². The quantitative estimate of drug-likeness (QED) is 0.859. The summed E-state index contributed by atoms with van der Waals surface area (Å²) in [7, 11) is 1.35. The minimum absolute atomic E-state index is 0.0524. The number of amides is 1. The van der Waals surface area contributed by atoms with E-state index < -0.39 is 0 Å². The van der Waals surface area contributed by atoms with Crippen molar-refractivity contribution in [1.29, 1.82) is 0 Å². The second-order valence-corrected chi connectivity index (χ2v) is 5.71. The Hall–Kier alpha value is -3.02. The molecule has 6 heteroatoms. The maximum absolute atomic E-state index is 12.1. The fourth-order valence-electron chi connectivity index (χ4n) is 3.12. The molecule has 1 N–H and O–H groups in total. The molecule has 122 valence electrons. The van der Waals surface area contributed by atoms with E-state index >= 15 is 0 Å². The largest absolute Gasteiger partial charge is 0.465 e. The molecule has 2 aliphatic rings. The summed E-state index contributed by atoms with van der Waals surface area (Å²) in [6.45, 7) is 0.185. The molecule has 24 heavy (non-hydrogen) atoms. The van der Waals surface area contributed by atoms with Crippen molar-refractivity contribution < 1.29 is 23.8 Å². The number of fused-ring (bicyclic) bond motifs is 2. The third-order valence-corrected chi connectivity index (χ3v) is 4.32. The Morgan fingerprint density at radius 3 is 2.58 bits per heavy atom. The Labute approximate surface area is 138 Å². The molecular formula is C18H15NO5. The maximum atomic E-state index is 12.1. The van der Waals surface area contributed by atoms with Crippen molar-refractivity contribution in [3.05, 3.63) is 53.1 Å². The third kappa shape index (κ3) is 2.36. The number of benzene rings is 2. The molecule has 1 amide bonds. The summed E-state index contributed by atoms with van der Waals surface area (Å²) in [5.41, 5.74) is 3.15. The van der Waals surface area contributed by atoms with E-state index in [2.05, 4.69) is 5.32 Å². The molecule has 0 saturated carbocycles. The van der Waals surface area contributed by atoms with Crippen LogP contribution in [-0.2, 0) is 9.53 Å². The van der Waals surface area contributed by atoms with Crippen molar-refractivity contribution in [2.24, 2.45) is 0 Å². The maximum Gasteiger partial charge on any atom is 0.337 e. The van der Waals surface area contributed by atoms with Gasteiger partial charge in [0.15, 0.2) is 11.5 Å². The predicted octanol–water partition coefficient (Wildman–Crippen LogP) is 2.68. The monoisotopic (exact) mass is 325 g/mol. The summed E-state index contributed by atoms with van der Waals surface area (Å²) in [4.78, 5) is 23.6. The highest BCUT2D eigenvalue weighted by Gasteiger charge is 2.29. The second-order valence-electron chi connectivity index (χ2n) is 5.71. The number of hydrogen-bond donors (Lipinski definition) is 1. The highest BCUT2D eigenvalue weighted by atomic mass is 16.7. The van der Waals surface area contributed by atoms with Crippen LogP contribution in [0.2, 0.25) is 0 Å². The summed E-state index contributed by atoms with van der Waals surface area (Å²) in [5, 5.41) is 2.88. The van der Waals surface area contributed by atoms with Crippen LogP contribution >= 0.6 is 0 Å². The van der Waals surface area contributed by atoms with Gasteiger partial charge in [-0.15, -0.1) is 0 Å². The topological polar surface area (TPSA) is 73.9 Å². The number of anilines is 1. The van der Waals surface area contributed by atoms with Crippen LogP contribution in [0, 0.1) is 0 Å². The third-order valence-electron chi connectivity index (χ3n) is 4.32. The molecule has 2 aromatic rings. The molecule has 0 bridgehead atoms. The van der Waals surface area contributed by atoms with Crippen molar-refractivity contribution in [1.82, 2.24) is 0 Å². The van der Waals surface area contributed by atoms with Gasteiger partial charge in [0.2, 0.25) is 12.7 Å². The van der Waals surface area contributed by atoms with Crippen molar-refractivity contribution in [3.8, 4) is 11.5 Å². The number of nitrogens with one attached hydrogen (secondary N) is 1. The van der Waals surface area contributed by atoms with Crippen LogP contribution < -0.4 is 14.8 Å². The van der Waals surface area contributed by atoms with Crippen LogP contribution in [0.5, 0.6) is 11.5 Å². The number of esters is 1. The minimum Gasteiger partial charge on any atom is -0.465 e. The van der Waals surface area contributed by atoms with Gasteiger partial charge in [0.1, 0.15) is 0 Å². The number of carbonyl (C=O) groups excluding carboxylic acids is 2. The Kier molecular flexibility index (Phi) is 3.37. The van der Waals surface area contributed by atoms with Crippen LogP contribution in [0.1, 0.15) is 33.8 Å². The van der Waals surface area contributed by atoms with Gasteiger partial charge in [0.25, 0.3) is 0 Å². The van der Waals surface area contributed by atoms with Crippen molar-refractivity contribution in [2.75, 3.05) is 19.2 Å². The van der Waals surface area contributed by atoms with Gasteiger partial charge in [-0.1, -0.05) is 12.1 Å². The molecule has 0 fully saturated rings. The fraction of sp³-hybridized carbons (Fsp3) is 0.222. The summed E-state index contributed by atoms with van der Waals surface area (Å²) in [6.07, 6.45) is 0.338. The van der Waals surface area contributed by atoms with Gasteiger partial charge in [0.05, 0.1) is 12.7 Å². The average Bonchev–Trinajstić information content (AvgIpc) is 3.06. The molecule has 0 aliphatic carbocycles. The van der Waals surface area contributed by atoms with Gasteiger partial charge in [-0.3, -0.25) is 4.79 Å². The van der Waals surface area contributed by atoms with Crippen LogP contribution in [0.3, 0.4) is 0 Å². The Morgan fingerprint density at radius 1 is 1.17 bits per heavy atom. The molecule has 4 rings (SSSR count). The molecule has 2 aliphatic heterocycles. The zero-order valence-electron chi connectivity index (χ0n) is 13.0. The zero-order valence-corrected chi connectivity index (χ0v) is 13.0. The highest BCUT2D eigenvalue weighted by Crippen LogP contribution is 2.44. The lowest BCUT2D eigenvalue weighted by molar-refractivity contribution is -0.116. The molecule has 0 aromatic heterocycles. The van der Waals surface area contributed by atoms with Gasteiger partial charge in [0, 0.05) is 24.1 Å². The number of carbonyl (C=O) groups is 2. The fourth-order valence-corrected chi connectivity index (χ4v) is 3.12. The van der Waals surface area contributed by atoms with E-state index in [-0.39, 0.29) is 24.6 Å². The Bertz CT molecular complexity index is 828. The van der Waals surface area contributed by atoms with Crippen LogP contribution in [-0.4, -0.2) is 25.8 Å². The smallest absolute Gasteiger partial charge is 0.337 e. The Balaban J connectivity index is 1.74. The SMILES string of the molecule is COC(=O)c1ccc([C@H]2CC(=O)Nc3cc4c(cc32)OCO4)cc1. The van der Waals surface area contributed by atoms with Gasteiger partial charge in [-0.25, -0.2) is 4.79 Å². The highest BCUT2D eigenvalue weighted by molar-refractivity contribution is 5.96. The summed E-state index contributed by atoms with van der Waals surface area (Å²) < 4.78 is 15.5. The molecular weight excluding hydrogens is 310 g/mol. The van der Waals surface area contributed by atoms with Crippen molar-refractivity contribution in [2.45, 2.75) is 12.3 Å². The van der Waals surface area contributed by atoms with E-state index in [0.717, 1.165) is 16.8 Å². The van der Waals surface area contributed by atoms with E-state index in [1.54, 1.807) is 18.2 Å². The summed E-state index contributed by atoms with van der Waals surface area (Å²) in [6, 6.07) is 10.8. The molecule has 0 unspecified atom stereocenters. The number of ether oxygens (including phenoxy) is 3. The number of hydrogen-bond acceptors (Lipinski definition) is 5. The zero-order chi connectivity index (χ0) is 16.7. The first kappa shape index (κ1) is 14.6. The second kappa shape index (κ2) is 5.56. The molecule has 1 atom stereocenters. The van der Waals surface area contributed by atoms with Crippen LogP contribution in [0.15, 0.2) is 36.4 Å². The van der Waals surface area contributed by atoms with E-state index in [1.807, 2.05) is 18.2 Å². The van der Waals surface area contributed by atoms with E-state index in [4.69, 9.17) is 14.2 Å². The standard InChI is InChI=1S/C18H15NO5/c1-22-18(21)11-4-2-10(3-5-11)12-7-17(20)19-14-8-16-15(6-13(12)14)23-9-24-16/h2-6,8,12H,7,9H2,1H3,(H,19,20)/t12-/m1/s1. The van der Waals surface area contributed by atoms with E-state index in [1.165, 1.54) is 7.11 Å². The van der Waals surface area contributed by atoms with Gasteiger partial charge in [-0.2, -0.15) is 0 Å². The lowest BCUT2D eigenvalue weighted by atomic mass is 9.84. The molecule has 0 radical (unpaired) electrons.